The van der Waals surface area contributed by atoms with Gasteiger partial charge in [-0.15, -0.1) is 0 Å². The minimum absolute atomic E-state index is 0.510. The van der Waals surface area contributed by atoms with Crippen molar-refractivity contribution in [3.8, 4) is 0 Å². The lowest BCUT2D eigenvalue weighted by atomic mass is 10.4. The molecule has 0 aliphatic carbocycles. The minimum atomic E-state index is -3.05. The molecule has 0 amide bonds. The summed E-state index contributed by atoms with van der Waals surface area (Å²) in [4.78, 5) is 0. The van der Waals surface area contributed by atoms with Crippen LogP contribution in [-0.4, -0.2) is 39.1 Å². The molecule has 5 heteroatoms. The molecule has 0 heterocycles. The lowest BCUT2D eigenvalue weighted by Crippen LogP contribution is -2.28. The fraction of sp³-hybridized carbons (Fsp3) is 0.556. The van der Waals surface area contributed by atoms with Gasteiger partial charge in [-0.05, 0) is 12.5 Å². The summed E-state index contributed by atoms with van der Waals surface area (Å²) in [5.41, 5.74) is 0.756. The molecule has 0 rings (SSSR count). The van der Waals surface area contributed by atoms with Gasteiger partial charge < -0.3 is 5.32 Å². The number of rotatable bonds is 7. The third-order valence-electron chi connectivity index (χ3n) is 1.81. The van der Waals surface area contributed by atoms with Crippen LogP contribution in [0.3, 0.4) is 0 Å². The molecule has 0 atom stereocenters. The van der Waals surface area contributed by atoms with E-state index in [4.69, 9.17) is 0 Å². The van der Waals surface area contributed by atoms with Crippen LogP contribution in [0.25, 0.3) is 0 Å². The highest BCUT2D eigenvalue weighted by atomic mass is 32.2. The summed E-state index contributed by atoms with van der Waals surface area (Å²) >= 11 is 0. The molecule has 0 radical (unpaired) electrons. The van der Waals surface area contributed by atoms with E-state index in [2.05, 4.69) is 18.5 Å². The molecule has 4 nitrogen and oxygen atoms in total. The van der Waals surface area contributed by atoms with Crippen molar-refractivity contribution >= 4 is 10.0 Å². The number of nitrogens with zero attached hydrogens (tertiary/aromatic N) is 1. The minimum Gasteiger partial charge on any atom is -0.385 e. The Morgan fingerprint density at radius 2 is 2.14 bits per heavy atom. The maximum atomic E-state index is 11.0. The normalized spacial score (nSPS) is 11.4. The second kappa shape index (κ2) is 5.82. The van der Waals surface area contributed by atoms with E-state index in [0.29, 0.717) is 13.1 Å². The van der Waals surface area contributed by atoms with Crippen molar-refractivity contribution in [3.05, 3.63) is 24.9 Å². The van der Waals surface area contributed by atoms with Crippen LogP contribution in [-0.2, 0) is 10.0 Å². The summed E-state index contributed by atoms with van der Waals surface area (Å²) in [6.07, 6.45) is 3.57. The molecule has 0 fully saturated rings. The van der Waals surface area contributed by atoms with E-state index in [0.717, 1.165) is 12.1 Å². The number of hydrogen-bond acceptors (Lipinski definition) is 3. The summed E-state index contributed by atoms with van der Waals surface area (Å²) in [5.74, 6) is 0. The van der Waals surface area contributed by atoms with Crippen LogP contribution in [0, 0.1) is 0 Å². The van der Waals surface area contributed by atoms with Crippen LogP contribution < -0.4 is 5.32 Å². The molecule has 0 bridgehead atoms. The van der Waals surface area contributed by atoms with Crippen LogP contribution in [0.5, 0.6) is 0 Å². The van der Waals surface area contributed by atoms with E-state index in [1.807, 2.05) is 0 Å². The Bertz CT molecular complexity index is 296. The van der Waals surface area contributed by atoms with Gasteiger partial charge in [-0.1, -0.05) is 13.2 Å². The maximum Gasteiger partial charge on any atom is 0.210 e. The molecule has 82 valence electrons. The highest BCUT2D eigenvalue weighted by Crippen LogP contribution is 1.94. The van der Waals surface area contributed by atoms with Crippen molar-refractivity contribution in [1.82, 2.24) is 9.62 Å². The van der Waals surface area contributed by atoms with Gasteiger partial charge in [0.15, 0.2) is 0 Å². The second-order valence-corrected chi connectivity index (χ2v) is 5.18. The molecular formula is C9H18N2O2S. The van der Waals surface area contributed by atoms with E-state index in [9.17, 15) is 8.42 Å². The van der Waals surface area contributed by atoms with Gasteiger partial charge in [-0.2, -0.15) is 0 Å². The topological polar surface area (TPSA) is 49.4 Å². The van der Waals surface area contributed by atoms with Crippen molar-refractivity contribution in [3.63, 3.8) is 0 Å². The van der Waals surface area contributed by atoms with Gasteiger partial charge in [0.1, 0.15) is 0 Å². The Morgan fingerprint density at radius 1 is 1.57 bits per heavy atom. The molecule has 0 aliphatic rings. The number of sulfonamides is 1. The zero-order valence-corrected chi connectivity index (χ0v) is 9.60. The molecule has 14 heavy (non-hydrogen) atoms. The molecule has 0 aromatic carbocycles. The molecule has 0 unspecified atom stereocenters. The van der Waals surface area contributed by atoms with Gasteiger partial charge in [0, 0.05) is 25.8 Å². The monoisotopic (exact) mass is 218 g/mol. The molecule has 1 N–H and O–H groups in total. The van der Waals surface area contributed by atoms with Crippen molar-refractivity contribution in [2.24, 2.45) is 0 Å². The number of nitrogens with one attached hydrogen (secondary N) is 1. The van der Waals surface area contributed by atoms with E-state index >= 15 is 0 Å². The van der Waals surface area contributed by atoms with Gasteiger partial charge in [0.05, 0.1) is 6.26 Å². The predicted octanol–water partition coefficient (Wildman–Crippen LogP) is 0.557. The molecule has 0 saturated heterocycles. The van der Waals surface area contributed by atoms with Gasteiger partial charge in [-0.3, -0.25) is 0 Å². The maximum absolute atomic E-state index is 11.0. The van der Waals surface area contributed by atoms with Crippen molar-refractivity contribution in [2.45, 2.75) is 6.42 Å². The Labute approximate surface area is 86.4 Å². The van der Waals surface area contributed by atoms with Crippen LogP contribution >= 0.6 is 0 Å². The highest BCUT2D eigenvalue weighted by Gasteiger charge is 2.08. The standard InChI is InChI=1S/C9H18N2O2S/c1-5-9(2)10-7-6-8-11(3)14(4,12)13/h5,10H,1-2,6-8H2,3-4H3. The second-order valence-electron chi connectivity index (χ2n) is 3.09. The first kappa shape index (κ1) is 13.2. The van der Waals surface area contributed by atoms with E-state index in [-0.39, 0.29) is 0 Å². The zero-order chi connectivity index (χ0) is 11.2. The highest BCUT2D eigenvalue weighted by molar-refractivity contribution is 7.88. The van der Waals surface area contributed by atoms with Crippen molar-refractivity contribution in [1.29, 1.82) is 0 Å². The van der Waals surface area contributed by atoms with E-state index in [1.165, 1.54) is 10.6 Å². The molecule has 0 aromatic heterocycles. The average Bonchev–Trinajstić information content (AvgIpc) is 2.09. The first-order valence-electron chi connectivity index (χ1n) is 4.34. The Hall–Kier alpha value is -0.810. The Balaban J connectivity index is 3.66. The lowest BCUT2D eigenvalue weighted by molar-refractivity contribution is 0.463. The van der Waals surface area contributed by atoms with Crippen molar-refractivity contribution < 1.29 is 8.42 Å². The largest absolute Gasteiger partial charge is 0.385 e. The van der Waals surface area contributed by atoms with Gasteiger partial charge in [-0.25, -0.2) is 12.7 Å². The first-order valence-corrected chi connectivity index (χ1v) is 6.19. The summed E-state index contributed by atoms with van der Waals surface area (Å²) in [5, 5.41) is 3.01. The summed E-state index contributed by atoms with van der Waals surface area (Å²) in [7, 11) is -1.48. The SMILES string of the molecule is C=CC(=C)NCCCN(C)S(C)(=O)=O. The van der Waals surface area contributed by atoms with Crippen LogP contribution in [0.4, 0.5) is 0 Å². The number of hydrogen-bond donors (Lipinski definition) is 1. The van der Waals surface area contributed by atoms with Gasteiger partial charge in [0.25, 0.3) is 0 Å². The molecule has 0 aromatic rings. The van der Waals surface area contributed by atoms with Crippen LogP contribution in [0.2, 0.25) is 0 Å². The fourth-order valence-electron chi connectivity index (χ4n) is 0.789. The zero-order valence-electron chi connectivity index (χ0n) is 8.78. The molecule has 0 spiro atoms. The summed E-state index contributed by atoms with van der Waals surface area (Å²) in [6, 6.07) is 0. The van der Waals surface area contributed by atoms with Crippen LogP contribution in [0.1, 0.15) is 6.42 Å². The van der Waals surface area contributed by atoms with Crippen LogP contribution in [0.15, 0.2) is 24.9 Å². The summed E-state index contributed by atoms with van der Waals surface area (Å²) < 4.78 is 23.3. The molecule has 0 saturated carbocycles. The predicted molar refractivity (Wildman–Crippen MR) is 59.4 cm³/mol. The number of allylic oxidation sites excluding steroid dienone is 1. The Morgan fingerprint density at radius 3 is 2.57 bits per heavy atom. The van der Waals surface area contributed by atoms with Crippen molar-refractivity contribution in [2.75, 3.05) is 26.4 Å². The Kier molecular flexibility index (Phi) is 5.49. The third-order valence-corrected chi connectivity index (χ3v) is 3.13. The van der Waals surface area contributed by atoms with Gasteiger partial charge in [0.2, 0.25) is 10.0 Å². The fourth-order valence-corrected chi connectivity index (χ4v) is 1.25. The quantitative estimate of drug-likeness (QED) is 0.502. The van der Waals surface area contributed by atoms with E-state index in [1.54, 1.807) is 13.1 Å². The first-order chi connectivity index (χ1) is 6.38. The average molecular weight is 218 g/mol. The van der Waals surface area contributed by atoms with Gasteiger partial charge >= 0.3 is 0 Å². The van der Waals surface area contributed by atoms with E-state index < -0.39 is 10.0 Å². The summed E-state index contributed by atoms with van der Waals surface area (Å²) in [6.45, 7) is 8.43. The third kappa shape index (κ3) is 5.77. The smallest absolute Gasteiger partial charge is 0.210 e. The lowest BCUT2D eigenvalue weighted by Gasteiger charge is -2.14. The molecular weight excluding hydrogens is 200 g/mol. The molecule has 0 aliphatic heterocycles.